The smallest absolute Gasteiger partial charge is 0.119 e. The van der Waals surface area contributed by atoms with E-state index in [1.54, 1.807) is 0 Å². The van der Waals surface area contributed by atoms with E-state index in [1.165, 1.54) is 10.8 Å². The maximum atomic E-state index is 11.8. The monoisotopic (exact) mass is 425 g/mol. The van der Waals surface area contributed by atoms with Gasteiger partial charge in [-0.05, 0) is 61.2 Å². The number of hydrogen-bond donors (Lipinski definition) is 1. The van der Waals surface area contributed by atoms with Crippen LogP contribution in [0.15, 0.2) is 40.9 Å². The Labute approximate surface area is 161 Å². The normalized spacial score (nSPS) is 13.7. The number of fused-ring (bicyclic) bond motifs is 1. The van der Waals surface area contributed by atoms with Crippen LogP contribution in [-0.2, 0) is 10.8 Å². The molecule has 0 spiro atoms. The molecule has 0 fully saturated rings. The molecular weight excluding hydrogens is 398 g/mol. The molecule has 2 N–H and O–H groups in total. The third-order valence-electron chi connectivity index (χ3n) is 4.11. The number of hydrogen-bond acceptors (Lipinski definition) is 3. The number of unbranched alkanes of at least 4 members (excludes halogenated alkanes) is 3. The lowest BCUT2D eigenvalue weighted by molar-refractivity contribution is 0.305. The number of ether oxygens (including phenoxy) is 1. The van der Waals surface area contributed by atoms with Gasteiger partial charge in [-0.2, -0.15) is 0 Å². The maximum absolute atomic E-state index is 11.8. The Hall–Kier alpha value is -0.910. The first kappa shape index (κ1) is 20.4. The van der Waals surface area contributed by atoms with Crippen molar-refractivity contribution in [2.24, 2.45) is 5.73 Å². The first-order valence-electron chi connectivity index (χ1n) is 8.97. The Bertz CT molecular complexity index is 690. The van der Waals surface area contributed by atoms with Crippen LogP contribution in [0.5, 0.6) is 5.75 Å². The molecule has 0 radical (unpaired) electrons. The van der Waals surface area contributed by atoms with Gasteiger partial charge < -0.3 is 10.5 Å². The van der Waals surface area contributed by atoms with Crippen molar-refractivity contribution in [1.82, 2.24) is 0 Å². The average molecular weight is 426 g/mol. The molecule has 0 bridgehead atoms. The Kier molecular flexibility index (Phi) is 8.93. The van der Waals surface area contributed by atoms with Crippen molar-refractivity contribution in [3.8, 4) is 5.75 Å². The van der Waals surface area contributed by atoms with E-state index in [0.29, 0.717) is 0 Å². The highest BCUT2D eigenvalue weighted by atomic mass is 79.9. The van der Waals surface area contributed by atoms with Gasteiger partial charge in [0.2, 0.25) is 0 Å². The van der Waals surface area contributed by atoms with Crippen LogP contribution in [-0.4, -0.2) is 28.4 Å². The summed E-state index contributed by atoms with van der Waals surface area (Å²) in [6, 6.07) is 12.6. The fourth-order valence-electron chi connectivity index (χ4n) is 2.61. The lowest BCUT2D eigenvalue weighted by Gasteiger charge is -2.08. The van der Waals surface area contributed by atoms with Gasteiger partial charge in [0.15, 0.2) is 0 Å². The van der Waals surface area contributed by atoms with Gasteiger partial charge in [0.25, 0.3) is 0 Å². The Morgan fingerprint density at radius 1 is 1.04 bits per heavy atom. The molecule has 0 amide bonds. The van der Waals surface area contributed by atoms with Crippen molar-refractivity contribution in [2.75, 3.05) is 18.1 Å². The average Bonchev–Trinajstić information content (AvgIpc) is 2.59. The van der Waals surface area contributed by atoms with Crippen molar-refractivity contribution >= 4 is 37.5 Å². The SMILES string of the molecule is CC(N)CCS(=O)CCCCCCOc1ccc2cc(Br)ccc2c1. The molecule has 138 valence electrons. The van der Waals surface area contributed by atoms with Crippen LogP contribution in [0.2, 0.25) is 0 Å². The van der Waals surface area contributed by atoms with E-state index in [9.17, 15) is 4.21 Å². The first-order chi connectivity index (χ1) is 12.0. The van der Waals surface area contributed by atoms with Crippen LogP contribution in [0.1, 0.15) is 39.0 Å². The zero-order valence-electron chi connectivity index (χ0n) is 14.9. The Morgan fingerprint density at radius 2 is 1.76 bits per heavy atom. The maximum Gasteiger partial charge on any atom is 0.119 e. The summed E-state index contributed by atoms with van der Waals surface area (Å²) in [6.45, 7) is 2.70. The molecule has 2 aromatic rings. The van der Waals surface area contributed by atoms with Gasteiger partial charge >= 0.3 is 0 Å². The van der Waals surface area contributed by atoms with E-state index in [2.05, 4.69) is 40.2 Å². The summed E-state index contributed by atoms with van der Waals surface area (Å²) in [5.74, 6) is 2.46. The fraction of sp³-hybridized carbons (Fsp3) is 0.500. The molecule has 2 rings (SSSR count). The third-order valence-corrected chi connectivity index (χ3v) is 6.04. The molecule has 0 aliphatic carbocycles. The highest BCUT2D eigenvalue weighted by Crippen LogP contribution is 2.24. The van der Waals surface area contributed by atoms with Crippen molar-refractivity contribution in [2.45, 2.75) is 45.1 Å². The molecular formula is C20H28BrNO2S. The Morgan fingerprint density at radius 3 is 2.56 bits per heavy atom. The molecule has 2 aromatic carbocycles. The molecule has 5 heteroatoms. The summed E-state index contributed by atoms with van der Waals surface area (Å²) in [5, 5.41) is 2.40. The lowest BCUT2D eigenvalue weighted by Crippen LogP contribution is -2.18. The quantitative estimate of drug-likeness (QED) is 0.513. The van der Waals surface area contributed by atoms with Crippen LogP contribution in [0.4, 0.5) is 0 Å². The molecule has 0 heterocycles. The molecule has 2 unspecified atom stereocenters. The highest BCUT2D eigenvalue weighted by Gasteiger charge is 2.02. The minimum Gasteiger partial charge on any atom is -0.494 e. The molecule has 2 atom stereocenters. The van der Waals surface area contributed by atoms with E-state index in [1.807, 2.05) is 19.1 Å². The summed E-state index contributed by atoms with van der Waals surface area (Å²) in [6.07, 6.45) is 5.13. The van der Waals surface area contributed by atoms with Gasteiger partial charge in [0.05, 0.1) is 6.61 Å². The largest absolute Gasteiger partial charge is 0.494 e. The molecule has 0 aromatic heterocycles. The van der Waals surface area contributed by atoms with E-state index < -0.39 is 10.8 Å². The van der Waals surface area contributed by atoms with E-state index in [-0.39, 0.29) is 6.04 Å². The van der Waals surface area contributed by atoms with Crippen LogP contribution < -0.4 is 10.5 Å². The standard InChI is InChI=1S/C20H28BrNO2S/c1-16(22)10-13-25(23)12-5-3-2-4-11-24-20-9-7-17-14-19(21)8-6-18(17)15-20/h6-9,14-16H,2-5,10-13,22H2,1H3. The van der Waals surface area contributed by atoms with Gasteiger partial charge in [-0.1, -0.05) is 40.9 Å². The molecule has 0 aliphatic rings. The van der Waals surface area contributed by atoms with Crippen LogP contribution in [0, 0.1) is 0 Å². The van der Waals surface area contributed by atoms with Crippen molar-refractivity contribution in [1.29, 1.82) is 0 Å². The number of benzene rings is 2. The summed E-state index contributed by atoms with van der Waals surface area (Å²) in [5.41, 5.74) is 5.69. The van der Waals surface area contributed by atoms with Gasteiger partial charge in [-0.25, -0.2) is 0 Å². The van der Waals surface area contributed by atoms with Crippen molar-refractivity contribution < 1.29 is 8.95 Å². The summed E-state index contributed by atoms with van der Waals surface area (Å²) < 4.78 is 18.7. The number of nitrogens with two attached hydrogens (primary N) is 1. The van der Waals surface area contributed by atoms with Crippen LogP contribution in [0.25, 0.3) is 10.8 Å². The topological polar surface area (TPSA) is 52.3 Å². The van der Waals surface area contributed by atoms with Crippen LogP contribution in [0.3, 0.4) is 0 Å². The van der Waals surface area contributed by atoms with Gasteiger partial charge in [-0.3, -0.25) is 4.21 Å². The van der Waals surface area contributed by atoms with E-state index in [4.69, 9.17) is 10.5 Å². The summed E-state index contributed by atoms with van der Waals surface area (Å²) in [7, 11) is -0.707. The molecule has 0 saturated carbocycles. The predicted octanol–water partition coefficient (Wildman–Crippen LogP) is 5.03. The highest BCUT2D eigenvalue weighted by molar-refractivity contribution is 9.10. The third kappa shape index (κ3) is 7.89. The minimum atomic E-state index is -0.707. The molecule has 25 heavy (non-hydrogen) atoms. The second-order valence-corrected chi connectivity index (χ2v) is 9.14. The zero-order valence-corrected chi connectivity index (χ0v) is 17.3. The minimum absolute atomic E-state index is 0.151. The molecule has 0 aliphatic heterocycles. The zero-order chi connectivity index (χ0) is 18.1. The number of rotatable bonds is 11. The van der Waals surface area contributed by atoms with Crippen LogP contribution >= 0.6 is 15.9 Å². The lowest BCUT2D eigenvalue weighted by atomic mass is 10.1. The summed E-state index contributed by atoms with van der Waals surface area (Å²) >= 11 is 3.49. The second-order valence-electron chi connectivity index (χ2n) is 6.53. The second kappa shape index (κ2) is 10.9. The van der Waals surface area contributed by atoms with E-state index >= 15 is 0 Å². The molecule has 3 nitrogen and oxygen atoms in total. The van der Waals surface area contributed by atoms with Crippen molar-refractivity contribution in [3.63, 3.8) is 0 Å². The number of halogens is 1. The first-order valence-corrected chi connectivity index (χ1v) is 11.3. The summed E-state index contributed by atoms with van der Waals surface area (Å²) in [4.78, 5) is 0. The molecule has 0 saturated heterocycles. The van der Waals surface area contributed by atoms with Crippen molar-refractivity contribution in [3.05, 3.63) is 40.9 Å². The van der Waals surface area contributed by atoms with E-state index in [0.717, 1.165) is 60.4 Å². The van der Waals surface area contributed by atoms with Gasteiger partial charge in [0.1, 0.15) is 5.75 Å². The predicted molar refractivity (Wildman–Crippen MR) is 112 cm³/mol. The fourth-order valence-corrected chi connectivity index (χ4v) is 4.36. The van der Waals surface area contributed by atoms with Gasteiger partial charge in [0, 0.05) is 32.8 Å². The Balaban J connectivity index is 1.59. The van der Waals surface area contributed by atoms with Gasteiger partial charge in [-0.15, -0.1) is 0 Å².